The fraction of sp³-hybridized carbons (Fsp3) is 0.261. The molecule has 0 N–H and O–H groups in total. The number of hydrogen-bond donors (Lipinski definition) is 0. The summed E-state index contributed by atoms with van der Waals surface area (Å²) in [6.45, 7) is 3.01. The molecule has 32 heavy (non-hydrogen) atoms. The summed E-state index contributed by atoms with van der Waals surface area (Å²) in [5, 5.41) is 0. The highest BCUT2D eigenvalue weighted by Crippen LogP contribution is 2.23. The topological polar surface area (TPSA) is 58.6 Å². The zero-order valence-electron chi connectivity index (χ0n) is 17.1. The van der Waals surface area contributed by atoms with E-state index >= 15 is 0 Å². The number of alkyl halides is 3. The molecule has 0 atom stereocenters. The van der Waals surface area contributed by atoms with Crippen LogP contribution in [-0.2, 0) is 6.54 Å². The van der Waals surface area contributed by atoms with Crippen LogP contribution in [0.25, 0.3) is 11.4 Å². The maximum absolute atomic E-state index is 12.8. The van der Waals surface area contributed by atoms with Gasteiger partial charge in [-0.3, -0.25) is 9.69 Å². The van der Waals surface area contributed by atoms with Crippen LogP contribution in [0.2, 0.25) is 0 Å². The van der Waals surface area contributed by atoms with Crippen LogP contribution in [-0.4, -0.2) is 58.2 Å². The Bertz CT molecular complexity index is 1030. The molecule has 1 amide bonds. The van der Waals surface area contributed by atoms with Gasteiger partial charge in [-0.15, -0.1) is 13.2 Å². The van der Waals surface area contributed by atoms with Crippen molar-refractivity contribution in [1.82, 2.24) is 19.8 Å². The number of rotatable bonds is 5. The molecular weight excluding hydrogens is 421 g/mol. The Kier molecular flexibility index (Phi) is 6.36. The quantitative estimate of drug-likeness (QED) is 0.598. The monoisotopic (exact) mass is 442 g/mol. The molecule has 1 aliphatic heterocycles. The largest absolute Gasteiger partial charge is 0.573 e. The van der Waals surface area contributed by atoms with Crippen LogP contribution >= 0.6 is 0 Å². The summed E-state index contributed by atoms with van der Waals surface area (Å²) in [6.07, 6.45) is -1.60. The third-order valence-corrected chi connectivity index (χ3v) is 5.15. The molecular formula is C23H21F3N4O2. The van der Waals surface area contributed by atoms with Crippen LogP contribution in [0.1, 0.15) is 15.9 Å². The van der Waals surface area contributed by atoms with Crippen molar-refractivity contribution in [2.24, 2.45) is 0 Å². The molecule has 1 fully saturated rings. The van der Waals surface area contributed by atoms with E-state index in [0.29, 0.717) is 44.1 Å². The van der Waals surface area contributed by atoms with E-state index in [2.05, 4.69) is 19.6 Å². The minimum absolute atomic E-state index is 0.113. The number of aromatic nitrogens is 2. The van der Waals surface area contributed by atoms with Gasteiger partial charge in [-0.05, 0) is 17.7 Å². The fourth-order valence-corrected chi connectivity index (χ4v) is 3.52. The van der Waals surface area contributed by atoms with E-state index < -0.39 is 6.36 Å². The molecule has 9 heteroatoms. The molecule has 2 heterocycles. The zero-order valence-corrected chi connectivity index (χ0v) is 17.1. The van der Waals surface area contributed by atoms with E-state index in [1.54, 1.807) is 29.4 Å². The first-order valence-electron chi connectivity index (χ1n) is 10.1. The lowest BCUT2D eigenvalue weighted by Gasteiger charge is -2.34. The maximum atomic E-state index is 12.8. The summed E-state index contributed by atoms with van der Waals surface area (Å²) >= 11 is 0. The molecule has 2 aromatic carbocycles. The van der Waals surface area contributed by atoms with E-state index in [1.807, 2.05) is 30.3 Å². The molecule has 0 unspecified atom stereocenters. The number of carbonyl (C=O) groups excluding carboxylic acids is 1. The first-order valence-corrected chi connectivity index (χ1v) is 10.1. The van der Waals surface area contributed by atoms with Gasteiger partial charge in [0.1, 0.15) is 5.75 Å². The predicted octanol–water partition coefficient (Wildman–Crippen LogP) is 4.00. The molecule has 0 bridgehead atoms. The highest BCUT2D eigenvalue weighted by molar-refractivity contribution is 5.93. The van der Waals surface area contributed by atoms with E-state index in [-0.39, 0.29) is 11.7 Å². The number of piperazine rings is 1. The average Bonchev–Trinajstić information content (AvgIpc) is 2.80. The first kappa shape index (κ1) is 21.8. The molecule has 1 aromatic heterocycles. The SMILES string of the molecule is O=C(c1cnc(-c2ccccc2)nc1)N1CCN(Cc2ccc(OC(F)(F)F)cc2)CC1. The van der Waals surface area contributed by atoms with Crippen LogP contribution in [0, 0.1) is 0 Å². The second kappa shape index (κ2) is 9.35. The van der Waals surface area contributed by atoms with Gasteiger partial charge in [0.05, 0.1) is 5.56 Å². The maximum Gasteiger partial charge on any atom is 0.573 e. The van der Waals surface area contributed by atoms with Crippen molar-refractivity contribution in [2.75, 3.05) is 26.2 Å². The molecule has 166 valence electrons. The van der Waals surface area contributed by atoms with Crippen molar-refractivity contribution in [3.8, 4) is 17.1 Å². The van der Waals surface area contributed by atoms with E-state index in [4.69, 9.17) is 0 Å². The highest BCUT2D eigenvalue weighted by Gasteiger charge is 2.31. The van der Waals surface area contributed by atoms with Gasteiger partial charge < -0.3 is 9.64 Å². The van der Waals surface area contributed by atoms with E-state index in [9.17, 15) is 18.0 Å². The number of amides is 1. The first-order chi connectivity index (χ1) is 15.4. The van der Waals surface area contributed by atoms with E-state index in [0.717, 1.165) is 11.1 Å². The molecule has 4 rings (SSSR count). The summed E-state index contributed by atoms with van der Waals surface area (Å²) in [5.41, 5.74) is 2.21. The number of ether oxygens (including phenoxy) is 1. The van der Waals surface area contributed by atoms with Crippen LogP contribution in [0.15, 0.2) is 67.0 Å². The standard InChI is InChI=1S/C23H21F3N4O2/c24-23(25,26)32-20-8-6-17(7-9-20)16-29-10-12-30(13-11-29)22(31)19-14-27-21(28-15-19)18-4-2-1-3-5-18/h1-9,14-15H,10-13,16H2. The van der Waals surface area contributed by atoms with Crippen molar-refractivity contribution in [2.45, 2.75) is 12.9 Å². The highest BCUT2D eigenvalue weighted by atomic mass is 19.4. The molecule has 0 saturated carbocycles. The minimum Gasteiger partial charge on any atom is -0.406 e. The average molecular weight is 442 g/mol. The van der Waals surface area contributed by atoms with Crippen molar-refractivity contribution in [1.29, 1.82) is 0 Å². The third-order valence-electron chi connectivity index (χ3n) is 5.15. The van der Waals surface area contributed by atoms with Gasteiger partial charge in [-0.25, -0.2) is 9.97 Å². The lowest BCUT2D eigenvalue weighted by Crippen LogP contribution is -2.48. The second-order valence-electron chi connectivity index (χ2n) is 7.42. The van der Waals surface area contributed by atoms with Gasteiger partial charge in [-0.1, -0.05) is 42.5 Å². The Morgan fingerprint density at radius 2 is 1.53 bits per heavy atom. The van der Waals surface area contributed by atoms with Gasteiger partial charge in [0.2, 0.25) is 0 Å². The van der Waals surface area contributed by atoms with Crippen LogP contribution in [0.3, 0.4) is 0 Å². The normalized spacial score (nSPS) is 14.9. The molecule has 1 aliphatic rings. The second-order valence-corrected chi connectivity index (χ2v) is 7.42. The Balaban J connectivity index is 1.29. The smallest absolute Gasteiger partial charge is 0.406 e. The van der Waals surface area contributed by atoms with Gasteiger partial charge >= 0.3 is 6.36 Å². The zero-order chi connectivity index (χ0) is 22.6. The third kappa shape index (κ3) is 5.61. The predicted molar refractivity (Wildman–Crippen MR) is 112 cm³/mol. The molecule has 0 spiro atoms. The van der Waals surface area contributed by atoms with Crippen LogP contribution < -0.4 is 4.74 Å². The van der Waals surface area contributed by atoms with Crippen molar-refractivity contribution in [3.05, 3.63) is 78.1 Å². The number of carbonyl (C=O) groups is 1. The minimum atomic E-state index is -4.70. The number of nitrogens with zero attached hydrogens (tertiary/aromatic N) is 4. The Morgan fingerprint density at radius 1 is 0.906 bits per heavy atom. The molecule has 0 aliphatic carbocycles. The van der Waals surface area contributed by atoms with Crippen molar-refractivity contribution < 1.29 is 22.7 Å². The van der Waals surface area contributed by atoms with Gasteiger partial charge in [0.15, 0.2) is 5.82 Å². The van der Waals surface area contributed by atoms with E-state index in [1.165, 1.54) is 12.1 Å². The molecule has 0 radical (unpaired) electrons. The molecule has 3 aromatic rings. The van der Waals surface area contributed by atoms with Gasteiger partial charge in [0, 0.05) is 50.7 Å². The lowest BCUT2D eigenvalue weighted by atomic mass is 10.1. The summed E-state index contributed by atoms with van der Waals surface area (Å²) in [7, 11) is 0. The molecule has 6 nitrogen and oxygen atoms in total. The Hall–Kier alpha value is -3.46. The fourth-order valence-electron chi connectivity index (χ4n) is 3.52. The lowest BCUT2D eigenvalue weighted by molar-refractivity contribution is -0.274. The van der Waals surface area contributed by atoms with Gasteiger partial charge in [0.25, 0.3) is 5.91 Å². The van der Waals surface area contributed by atoms with Crippen LogP contribution in [0.4, 0.5) is 13.2 Å². The van der Waals surface area contributed by atoms with Gasteiger partial charge in [-0.2, -0.15) is 0 Å². The van der Waals surface area contributed by atoms with Crippen LogP contribution in [0.5, 0.6) is 5.75 Å². The summed E-state index contributed by atoms with van der Waals surface area (Å²) in [4.78, 5) is 25.3. The Labute approximate surface area is 183 Å². The summed E-state index contributed by atoms with van der Waals surface area (Å²) < 4.78 is 40.7. The van der Waals surface area contributed by atoms with Crippen molar-refractivity contribution in [3.63, 3.8) is 0 Å². The number of hydrogen-bond acceptors (Lipinski definition) is 5. The molecule has 1 saturated heterocycles. The summed E-state index contributed by atoms with van der Waals surface area (Å²) in [5.74, 6) is 0.216. The van der Waals surface area contributed by atoms with Crippen molar-refractivity contribution >= 4 is 5.91 Å². The Morgan fingerprint density at radius 3 is 2.12 bits per heavy atom. The number of halogens is 3. The summed E-state index contributed by atoms with van der Waals surface area (Å²) in [6, 6.07) is 15.4. The number of benzene rings is 2.